The van der Waals surface area contributed by atoms with Gasteiger partial charge < -0.3 is 0 Å². The number of rotatable bonds is 3. The van der Waals surface area contributed by atoms with E-state index in [2.05, 4.69) is 25.6 Å². The number of hydrogen-bond acceptors (Lipinski definition) is 3. The highest BCUT2D eigenvalue weighted by molar-refractivity contribution is 9.10. The molecule has 0 unspecified atom stereocenters. The Bertz CT molecular complexity index is 705. The largest absolute Gasteiger partial charge is 0.278 e. The number of nitrogens with one attached hydrogen (secondary N) is 1. The van der Waals surface area contributed by atoms with Crippen LogP contribution in [0.5, 0.6) is 0 Å². The molecule has 0 fully saturated rings. The van der Waals surface area contributed by atoms with Gasteiger partial charge in [-0.2, -0.15) is 0 Å². The number of nitrogens with zero attached hydrogens (tertiary/aromatic N) is 1. The lowest BCUT2D eigenvalue weighted by Gasteiger charge is -2.09. The predicted octanol–water partition coefficient (Wildman–Crippen LogP) is 3.95. The van der Waals surface area contributed by atoms with Gasteiger partial charge in [-0.3, -0.25) is 4.72 Å². The molecule has 0 spiro atoms. The van der Waals surface area contributed by atoms with Crippen LogP contribution in [0.1, 0.15) is 0 Å². The van der Waals surface area contributed by atoms with Crippen molar-refractivity contribution >= 4 is 54.8 Å². The van der Waals surface area contributed by atoms with Crippen molar-refractivity contribution in [2.45, 2.75) is 4.90 Å². The summed E-state index contributed by atoms with van der Waals surface area (Å²) in [6, 6.07) is 7.58. The number of hydrogen-bond donors (Lipinski definition) is 1. The summed E-state index contributed by atoms with van der Waals surface area (Å²) < 4.78 is 27.2. The molecule has 8 heteroatoms. The monoisotopic (exact) mass is 380 g/mol. The van der Waals surface area contributed by atoms with Gasteiger partial charge in [-0.05, 0) is 46.3 Å². The number of pyridine rings is 1. The molecule has 0 aliphatic heterocycles. The summed E-state index contributed by atoms with van der Waals surface area (Å²) in [6.45, 7) is 0. The van der Waals surface area contributed by atoms with Crippen LogP contribution in [0.4, 0.5) is 5.69 Å². The molecule has 4 nitrogen and oxygen atoms in total. The summed E-state index contributed by atoms with van der Waals surface area (Å²) in [7, 11) is -3.73. The third-order valence-electron chi connectivity index (χ3n) is 2.18. The zero-order valence-electron chi connectivity index (χ0n) is 9.27. The maximum Gasteiger partial charge on any atom is 0.263 e. The minimum atomic E-state index is -3.73. The maximum absolute atomic E-state index is 12.1. The van der Waals surface area contributed by atoms with E-state index in [0.29, 0.717) is 15.2 Å². The molecule has 0 amide bonds. The standard InChI is InChI=1S/C11H7BrCl2N2O2S/c12-9-3-1-7(13)5-10(9)16-19(17,18)8-2-4-11(14)15-6-8/h1-6,16H. The van der Waals surface area contributed by atoms with Gasteiger partial charge in [0.05, 0.1) is 5.69 Å². The van der Waals surface area contributed by atoms with E-state index in [1.807, 2.05) is 0 Å². The van der Waals surface area contributed by atoms with E-state index in [9.17, 15) is 8.42 Å². The topological polar surface area (TPSA) is 59.1 Å². The first kappa shape index (κ1) is 14.6. The number of halogens is 3. The van der Waals surface area contributed by atoms with Crippen LogP contribution >= 0.6 is 39.1 Å². The van der Waals surface area contributed by atoms with Crippen LogP contribution in [0, 0.1) is 0 Å². The molecule has 1 aromatic heterocycles. The lowest BCUT2D eigenvalue weighted by Crippen LogP contribution is -2.13. The van der Waals surface area contributed by atoms with Crippen LogP contribution in [0.15, 0.2) is 45.9 Å². The fourth-order valence-electron chi connectivity index (χ4n) is 1.30. The van der Waals surface area contributed by atoms with Crippen molar-refractivity contribution < 1.29 is 8.42 Å². The van der Waals surface area contributed by atoms with Gasteiger partial charge in [-0.1, -0.05) is 23.2 Å². The van der Waals surface area contributed by atoms with E-state index in [1.165, 1.54) is 24.4 Å². The third kappa shape index (κ3) is 3.60. The van der Waals surface area contributed by atoms with Gasteiger partial charge in [-0.15, -0.1) is 0 Å². The van der Waals surface area contributed by atoms with Crippen LogP contribution in [0.25, 0.3) is 0 Å². The van der Waals surface area contributed by atoms with Crippen molar-refractivity contribution in [1.82, 2.24) is 4.98 Å². The van der Waals surface area contributed by atoms with Gasteiger partial charge in [0, 0.05) is 15.7 Å². The summed E-state index contributed by atoms with van der Waals surface area (Å²) in [5, 5.41) is 0.651. The fourth-order valence-corrected chi connectivity index (χ4v) is 3.08. The summed E-state index contributed by atoms with van der Waals surface area (Å²) >= 11 is 14.7. The maximum atomic E-state index is 12.1. The Kier molecular flexibility index (Phi) is 4.35. The quantitative estimate of drug-likeness (QED) is 0.818. The van der Waals surface area contributed by atoms with Crippen LogP contribution in [0.3, 0.4) is 0 Å². The number of benzene rings is 1. The van der Waals surface area contributed by atoms with Gasteiger partial charge in [0.1, 0.15) is 10.0 Å². The minimum Gasteiger partial charge on any atom is -0.278 e. The highest BCUT2D eigenvalue weighted by Gasteiger charge is 2.16. The molecular weight excluding hydrogens is 375 g/mol. The van der Waals surface area contributed by atoms with Crippen molar-refractivity contribution in [3.05, 3.63) is 51.2 Å². The minimum absolute atomic E-state index is 0.0174. The molecule has 0 saturated heterocycles. The van der Waals surface area contributed by atoms with Gasteiger partial charge >= 0.3 is 0 Å². The average Bonchev–Trinajstić information content (AvgIpc) is 2.34. The second-order valence-electron chi connectivity index (χ2n) is 3.55. The Morgan fingerprint density at radius 3 is 2.53 bits per heavy atom. The van der Waals surface area contributed by atoms with E-state index in [4.69, 9.17) is 23.2 Å². The van der Waals surface area contributed by atoms with Crippen LogP contribution in [-0.4, -0.2) is 13.4 Å². The Morgan fingerprint density at radius 2 is 1.89 bits per heavy atom. The van der Waals surface area contributed by atoms with Crippen molar-refractivity contribution in [2.24, 2.45) is 0 Å². The summed E-state index contributed by atoms with van der Waals surface area (Å²) in [6.07, 6.45) is 1.18. The fraction of sp³-hybridized carbons (Fsp3) is 0. The van der Waals surface area contributed by atoms with Gasteiger partial charge in [0.2, 0.25) is 0 Å². The molecule has 100 valence electrons. The first-order valence-electron chi connectivity index (χ1n) is 4.98. The zero-order chi connectivity index (χ0) is 14.0. The second-order valence-corrected chi connectivity index (χ2v) is 6.91. The number of aromatic nitrogens is 1. The molecule has 2 aromatic rings. The first-order chi connectivity index (χ1) is 8.88. The molecule has 0 aliphatic rings. The Hall–Kier alpha value is -0.820. The lowest BCUT2D eigenvalue weighted by molar-refractivity contribution is 0.601. The Morgan fingerprint density at radius 1 is 1.16 bits per heavy atom. The molecule has 2 rings (SSSR count). The second kappa shape index (κ2) is 5.66. The van der Waals surface area contributed by atoms with E-state index < -0.39 is 10.0 Å². The Balaban J connectivity index is 2.36. The molecule has 0 atom stereocenters. The smallest absolute Gasteiger partial charge is 0.263 e. The van der Waals surface area contributed by atoms with Crippen molar-refractivity contribution in [3.8, 4) is 0 Å². The normalized spacial score (nSPS) is 11.3. The molecular formula is C11H7BrCl2N2O2S. The molecule has 1 N–H and O–H groups in total. The highest BCUT2D eigenvalue weighted by Crippen LogP contribution is 2.28. The summed E-state index contributed by atoms with van der Waals surface area (Å²) in [4.78, 5) is 3.75. The van der Waals surface area contributed by atoms with E-state index in [1.54, 1.807) is 12.1 Å². The van der Waals surface area contributed by atoms with Gasteiger partial charge in [0.15, 0.2) is 0 Å². The van der Waals surface area contributed by atoms with Crippen LogP contribution in [-0.2, 0) is 10.0 Å². The summed E-state index contributed by atoms with van der Waals surface area (Å²) in [5.74, 6) is 0. The number of sulfonamides is 1. The van der Waals surface area contributed by atoms with Crippen molar-refractivity contribution in [2.75, 3.05) is 4.72 Å². The molecule has 1 heterocycles. The number of anilines is 1. The molecule has 0 radical (unpaired) electrons. The summed E-state index contributed by atoms with van der Waals surface area (Å²) in [5.41, 5.74) is 0.349. The molecule has 19 heavy (non-hydrogen) atoms. The van der Waals surface area contributed by atoms with Crippen LogP contribution < -0.4 is 4.72 Å². The molecule has 1 aromatic carbocycles. The van der Waals surface area contributed by atoms with Gasteiger partial charge in [0.25, 0.3) is 10.0 Å². The first-order valence-corrected chi connectivity index (χ1v) is 8.01. The Labute approximate surface area is 128 Å². The van der Waals surface area contributed by atoms with Crippen molar-refractivity contribution in [1.29, 1.82) is 0 Å². The average molecular weight is 382 g/mol. The lowest BCUT2D eigenvalue weighted by atomic mass is 10.3. The predicted molar refractivity (Wildman–Crippen MR) is 79.2 cm³/mol. The van der Waals surface area contributed by atoms with E-state index in [0.717, 1.165) is 0 Å². The van der Waals surface area contributed by atoms with Crippen LogP contribution in [0.2, 0.25) is 10.2 Å². The highest BCUT2D eigenvalue weighted by atomic mass is 79.9. The van der Waals surface area contributed by atoms with E-state index >= 15 is 0 Å². The zero-order valence-corrected chi connectivity index (χ0v) is 13.2. The molecule has 0 saturated carbocycles. The molecule has 0 aliphatic carbocycles. The van der Waals surface area contributed by atoms with E-state index in [-0.39, 0.29) is 10.0 Å². The van der Waals surface area contributed by atoms with Crippen molar-refractivity contribution in [3.63, 3.8) is 0 Å². The SMILES string of the molecule is O=S(=O)(Nc1cc(Cl)ccc1Br)c1ccc(Cl)nc1. The third-order valence-corrected chi connectivity index (χ3v) is 4.68. The molecule has 0 bridgehead atoms. The van der Waals surface area contributed by atoms with Gasteiger partial charge in [-0.25, -0.2) is 13.4 Å².